The molecule has 0 heterocycles. The van der Waals surface area contributed by atoms with Crippen molar-refractivity contribution < 1.29 is 0 Å². The van der Waals surface area contributed by atoms with E-state index in [1.54, 1.807) is 0 Å². The van der Waals surface area contributed by atoms with Crippen LogP contribution in [0.2, 0.25) is 0 Å². The summed E-state index contributed by atoms with van der Waals surface area (Å²) in [7, 11) is 0. The summed E-state index contributed by atoms with van der Waals surface area (Å²) in [6.45, 7) is 11.4. The van der Waals surface area contributed by atoms with Crippen LogP contribution < -0.4 is 5.32 Å². The van der Waals surface area contributed by atoms with Crippen molar-refractivity contribution >= 4 is 0 Å². The third-order valence-electron chi connectivity index (χ3n) is 4.31. The summed E-state index contributed by atoms with van der Waals surface area (Å²) in [5.41, 5.74) is 1.52. The van der Waals surface area contributed by atoms with E-state index in [4.69, 9.17) is 0 Å². The maximum atomic E-state index is 3.70. The van der Waals surface area contributed by atoms with E-state index in [2.05, 4.69) is 61.3 Å². The molecule has 0 aliphatic heterocycles. The van der Waals surface area contributed by atoms with Crippen molar-refractivity contribution in [2.75, 3.05) is 26.2 Å². The van der Waals surface area contributed by atoms with Gasteiger partial charge in [-0.15, -0.1) is 0 Å². The molecule has 1 aliphatic rings. The van der Waals surface area contributed by atoms with E-state index in [0.717, 1.165) is 31.5 Å². The Labute approximate surface area is 118 Å². The molecule has 106 valence electrons. The highest BCUT2D eigenvalue weighted by molar-refractivity contribution is 5.25. The summed E-state index contributed by atoms with van der Waals surface area (Å²) >= 11 is 0. The Kier molecular flexibility index (Phi) is 5.41. The number of hydrogen-bond acceptors (Lipinski definition) is 2. The molecule has 1 saturated carbocycles. The van der Waals surface area contributed by atoms with Gasteiger partial charge in [0, 0.05) is 12.6 Å². The van der Waals surface area contributed by atoms with E-state index in [9.17, 15) is 0 Å². The lowest BCUT2D eigenvalue weighted by molar-refractivity contribution is 0.270. The minimum absolute atomic E-state index is 0.594. The number of rotatable bonds is 8. The van der Waals surface area contributed by atoms with E-state index < -0.39 is 0 Å². The Morgan fingerprint density at radius 3 is 2.53 bits per heavy atom. The quantitative estimate of drug-likeness (QED) is 0.772. The number of benzene rings is 1. The van der Waals surface area contributed by atoms with Crippen LogP contribution in [0.4, 0.5) is 0 Å². The van der Waals surface area contributed by atoms with Crippen molar-refractivity contribution in [3.63, 3.8) is 0 Å². The molecule has 2 nitrogen and oxygen atoms in total. The average molecular weight is 260 g/mol. The molecule has 1 aromatic carbocycles. The third kappa shape index (κ3) is 4.32. The average Bonchev–Trinajstić information content (AvgIpc) is 3.23. The standard InChI is InChI=1S/C17H28N2/c1-4-19(5-2)13-14(3)18-12-16-11-17(16)15-9-7-6-8-10-15/h6-10,14,16-18H,4-5,11-13H2,1-3H3. The molecule has 0 saturated heterocycles. The molecule has 3 atom stereocenters. The number of nitrogens with one attached hydrogen (secondary N) is 1. The van der Waals surface area contributed by atoms with Crippen LogP contribution in [0.25, 0.3) is 0 Å². The molecule has 0 bridgehead atoms. The fourth-order valence-electron chi connectivity index (χ4n) is 2.87. The first-order valence-electron chi connectivity index (χ1n) is 7.75. The Hall–Kier alpha value is -0.860. The van der Waals surface area contributed by atoms with Crippen molar-refractivity contribution in [1.82, 2.24) is 10.2 Å². The Morgan fingerprint density at radius 1 is 1.21 bits per heavy atom. The van der Waals surface area contributed by atoms with Crippen LogP contribution in [0.1, 0.15) is 38.7 Å². The molecule has 3 unspecified atom stereocenters. The summed E-state index contributed by atoms with van der Waals surface area (Å²) in [5, 5.41) is 3.70. The van der Waals surface area contributed by atoms with Gasteiger partial charge in [-0.2, -0.15) is 0 Å². The molecule has 0 aromatic heterocycles. The number of nitrogens with zero attached hydrogens (tertiary/aromatic N) is 1. The normalized spacial score (nSPS) is 23.6. The van der Waals surface area contributed by atoms with Crippen LogP contribution in [-0.2, 0) is 0 Å². The largest absolute Gasteiger partial charge is 0.313 e. The van der Waals surface area contributed by atoms with Gasteiger partial charge in [-0.3, -0.25) is 0 Å². The van der Waals surface area contributed by atoms with Crippen LogP contribution >= 0.6 is 0 Å². The highest BCUT2D eigenvalue weighted by atomic mass is 15.1. The molecule has 1 aliphatic carbocycles. The second-order valence-electron chi connectivity index (χ2n) is 5.81. The number of hydrogen-bond donors (Lipinski definition) is 1. The van der Waals surface area contributed by atoms with Crippen LogP contribution in [0.15, 0.2) is 30.3 Å². The molecular formula is C17H28N2. The van der Waals surface area contributed by atoms with Gasteiger partial charge in [-0.05, 0) is 50.4 Å². The molecule has 19 heavy (non-hydrogen) atoms. The van der Waals surface area contributed by atoms with Gasteiger partial charge < -0.3 is 10.2 Å². The lowest BCUT2D eigenvalue weighted by atomic mass is 10.1. The van der Waals surface area contributed by atoms with Crippen LogP contribution in [0, 0.1) is 5.92 Å². The lowest BCUT2D eigenvalue weighted by Gasteiger charge is -2.23. The van der Waals surface area contributed by atoms with E-state index in [1.165, 1.54) is 18.5 Å². The summed E-state index contributed by atoms with van der Waals surface area (Å²) in [4.78, 5) is 2.49. The van der Waals surface area contributed by atoms with Crippen molar-refractivity contribution in [3.05, 3.63) is 35.9 Å². The van der Waals surface area contributed by atoms with Crippen molar-refractivity contribution in [1.29, 1.82) is 0 Å². The Morgan fingerprint density at radius 2 is 1.89 bits per heavy atom. The minimum Gasteiger partial charge on any atom is -0.313 e. The van der Waals surface area contributed by atoms with Gasteiger partial charge in [-0.25, -0.2) is 0 Å². The smallest absolute Gasteiger partial charge is 0.0166 e. The van der Waals surface area contributed by atoms with Gasteiger partial charge in [0.2, 0.25) is 0 Å². The van der Waals surface area contributed by atoms with Crippen LogP contribution in [-0.4, -0.2) is 37.1 Å². The van der Waals surface area contributed by atoms with Gasteiger partial charge in [-0.1, -0.05) is 44.2 Å². The van der Waals surface area contributed by atoms with Crippen molar-refractivity contribution in [3.8, 4) is 0 Å². The van der Waals surface area contributed by atoms with Gasteiger partial charge in [0.15, 0.2) is 0 Å². The molecule has 0 radical (unpaired) electrons. The van der Waals surface area contributed by atoms with Crippen LogP contribution in [0.5, 0.6) is 0 Å². The molecule has 1 aromatic rings. The Bertz CT molecular complexity index is 359. The highest BCUT2D eigenvalue weighted by Crippen LogP contribution is 2.46. The monoisotopic (exact) mass is 260 g/mol. The van der Waals surface area contributed by atoms with E-state index in [1.807, 2.05) is 0 Å². The van der Waals surface area contributed by atoms with E-state index in [-0.39, 0.29) is 0 Å². The fourth-order valence-corrected chi connectivity index (χ4v) is 2.87. The summed E-state index contributed by atoms with van der Waals surface area (Å²) < 4.78 is 0. The van der Waals surface area contributed by atoms with E-state index in [0.29, 0.717) is 6.04 Å². The molecule has 1 N–H and O–H groups in total. The number of likely N-dealkylation sites (N-methyl/N-ethyl adjacent to an activating group) is 1. The molecular weight excluding hydrogens is 232 g/mol. The first-order valence-corrected chi connectivity index (χ1v) is 7.75. The summed E-state index contributed by atoms with van der Waals surface area (Å²) in [5.74, 6) is 1.65. The van der Waals surface area contributed by atoms with Gasteiger partial charge in [0.1, 0.15) is 0 Å². The maximum absolute atomic E-state index is 3.70. The first kappa shape index (κ1) is 14.5. The van der Waals surface area contributed by atoms with Crippen molar-refractivity contribution in [2.24, 2.45) is 5.92 Å². The van der Waals surface area contributed by atoms with Gasteiger partial charge in [0.05, 0.1) is 0 Å². The first-order chi connectivity index (χ1) is 9.24. The second-order valence-corrected chi connectivity index (χ2v) is 5.81. The van der Waals surface area contributed by atoms with E-state index >= 15 is 0 Å². The van der Waals surface area contributed by atoms with Gasteiger partial charge in [0.25, 0.3) is 0 Å². The second kappa shape index (κ2) is 7.06. The predicted octanol–water partition coefficient (Wildman–Crippen LogP) is 3.11. The van der Waals surface area contributed by atoms with Gasteiger partial charge >= 0.3 is 0 Å². The molecule has 1 fully saturated rings. The minimum atomic E-state index is 0.594. The molecule has 2 heteroatoms. The fraction of sp³-hybridized carbons (Fsp3) is 0.647. The zero-order valence-electron chi connectivity index (χ0n) is 12.6. The zero-order chi connectivity index (χ0) is 13.7. The lowest BCUT2D eigenvalue weighted by Crippen LogP contribution is -2.39. The topological polar surface area (TPSA) is 15.3 Å². The zero-order valence-corrected chi connectivity index (χ0v) is 12.6. The molecule has 0 amide bonds. The summed E-state index contributed by atoms with van der Waals surface area (Å²) in [6.07, 6.45) is 1.36. The summed E-state index contributed by atoms with van der Waals surface area (Å²) in [6, 6.07) is 11.5. The highest BCUT2D eigenvalue weighted by Gasteiger charge is 2.37. The van der Waals surface area contributed by atoms with Crippen molar-refractivity contribution in [2.45, 2.75) is 39.2 Å². The molecule has 2 rings (SSSR count). The third-order valence-corrected chi connectivity index (χ3v) is 4.31. The molecule has 0 spiro atoms. The predicted molar refractivity (Wildman–Crippen MR) is 82.5 cm³/mol. The maximum Gasteiger partial charge on any atom is 0.0166 e. The Balaban J connectivity index is 1.68. The van der Waals surface area contributed by atoms with Crippen LogP contribution in [0.3, 0.4) is 0 Å². The SMILES string of the molecule is CCN(CC)CC(C)NCC1CC1c1ccccc1.